The van der Waals surface area contributed by atoms with E-state index in [1.165, 1.54) is 4.90 Å². The number of hydrogen-bond acceptors (Lipinski definition) is 5. The molecular weight excluding hydrogens is 379 g/mol. The summed E-state index contributed by atoms with van der Waals surface area (Å²) < 4.78 is 47.8. The second kappa shape index (κ2) is 7.29. The Hall–Kier alpha value is -2.26. The quantitative estimate of drug-likeness (QED) is 0.756. The molecule has 1 aromatic heterocycles. The van der Waals surface area contributed by atoms with Crippen LogP contribution in [0, 0.1) is 13.8 Å². The summed E-state index contributed by atoms with van der Waals surface area (Å²) in [5.74, 6) is 0.419. The van der Waals surface area contributed by atoms with E-state index in [2.05, 4.69) is 9.72 Å². The van der Waals surface area contributed by atoms with Crippen molar-refractivity contribution >= 4 is 12.0 Å². The van der Waals surface area contributed by atoms with Gasteiger partial charge >= 0.3 is 12.3 Å². The molecule has 0 saturated carbocycles. The van der Waals surface area contributed by atoms with Gasteiger partial charge in [-0.15, -0.1) is 0 Å². The fraction of sp³-hybridized carbons (Fsp3) is 0.722. The Morgan fingerprint density at radius 2 is 1.82 bits per heavy atom. The van der Waals surface area contributed by atoms with Crippen LogP contribution in [0.3, 0.4) is 0 Å². The maximum Gasteiger partial charge on any atom is 0.425 e. The highest BCUT2D eigenvalue weighted by atomic mass is 19.4. The minimum absolute atomic E-state index is 0.222. The Bertz CT molecular complexity index is 754. The number of piperidine rings is 1. The molecule has 2 saturated heterocycles. The highest BCUT2D eigenvalue weighted by Gasteiger charge is 2.48. The van der Waals surface area contributed by atoms with Crippen molar-refractivity contribution in [3.05, 3.63) is 17.3 Å². The second-order valence-electron chi connectivity index (χ2n) is 7.49. The molecule has 0 radical (unpaired) electrons. The average Bonchev–Trinajstić information content (AvgIpc) is 3.17. The number of oxazole rings is 1. The molecule has 10 heteroatoms. The topological polar surface area (TPSA) is 75.9 Å². The maximum atomic E-state index is 13.0. The van der Waals surface area contributed by atoms with Gasteiger partial charge in [0, 0.05) is 32.1 Å². The van der Waals surface area contributed by atoms with Crippen LogP contribution in [0.4, 0.5) is 18.0 Å². The molecule has 2 aliphatic rings. The highest BCUT2D eigenvalue weighted by molar-refractivity contribution is 5.93. The van der Waals surface area contributed by atoms with E-state index < -0.39 is 23.9 Å². The number of aryl methyl sites for hydroxylation is 2. The molecule has 0 aliphatic carbocycles. The molecule has 3 rings (SSSR count). The van der Waals surface area contributed by atoms with Crippen LogP contribution < -0.4 is 0 Å². The summed E-state index contributed by atoms with van der Waals surface area (Å²) >= 11 is 0. The zero-order chi connectivity index (χ0) is 20.7. The van der Waals surface area contributed by atoms with Crippen molar-refractivity contribution in [1.82, 2.24) is 14.8 Å². The van der Waals surface area contributed by atoms with Crippen molar-refractivity contribution in [3.63, 3.8) is 0 Å². The maximum absolute atomic E-state index is 13.0. The Labute approximate surface area is 160 Å². The summed E-state index contributed by atoms with van der Waals surface area (Å²) in [6.07, 6.45) is -5.13. The van der Waals surface area contributed by atoms with Gasteiger partial charge in [-0.05, 0) is 39.5 Å². The minimum Gasteiger partial charge on any atom is -0.437 e. The number of halogens is 3. The van der Waals surface area contributed by atoms with E-state index in [4.69, 9.17) is 4.42 Å². The van der Waals surface area contributed by atoms with E-state index in [-0.39, 0.29) is 24.8 Å². The summed E-state index contributed by atoms with van der Waals surface area (Å²) in [6, 6.07) is 0. The van der Waals surface area contributed by atoms with Crippen LogP contribution >= 0.6 is 0 Å². The molecule has 1 spiro atoms. The Morgan fingerprint density at radius 1 is 1.18 bits per heavy atom. The molecule has 3 heterocycles. The fourth-order valence-corrected chi connectivity index (χ4v) is 4.03. The largest absolute Gasteiger partial charge is 0.437 e. The molecule has 1 atom stereocenters. The second-order valence-corrected chi connectivity index (χ2v) is 7.49. The molecule has 0 N–H and O–H groups in total. The van der Waals surface area contributed by atoms with Crippen molar-refractivity contribution in [2.24, 2.45) is 0 Å². The highest BCUT2D eigenvalue weighted by Crippen LogP contribution is 2.40. The van der Waals surface area contributed by atoms with E-state index in [0.717, 1.165) is 19.8 Å². The van der Waals surface area contributed by atoms with E-state index in [9.17, 15) is 22.8 Å². The van der Waals surface area contributed by atoms with Crippen molar-refractivity contribution in [2.45, 2.75) is 64.3 Å². The number of alkyl halides is 3. The molecule has 1 unspecified atom stereocenters. The van der Waals surface area contributed by atoms with Gasteiger partial charge in [-0.1, -0.05) is 0 Å². The molecule has 2 fully saturated rings. The zero-order valence-corrected chi connectivity index (χ0v) is 16.1. The lowest BCUT2D eigenvalue weighted by molar-refractivity contribution is -0.200. The lowest BCUT2D eigenvalue weighted by Crippen LogP contribution is -2.55. The number of carbonyl (C=O) groups is 2. The van der Waals surface area contributed by atoms with E-state index in [1.54, 1.807) is 18.7 Å². The first kappa shape index (κ1) is 20.5. The smallest absolute Gasteiger partial charge is 0.425 e. The fourth-order valence-electron chi connectivity index (χ4n) is 4.03. The number of hydrogen-bond donors (Lipinski definition) is 0. The van der Waals surface area contributed by atoms with Crippen LogP contribution in [0.5, 0.6) is 0 Å². The Balaban J connectivity index is 1.66. The lowest BCUT2D eigenvalue weighted by atomic mass is 9.85. The van der Waals surface area contributed by atoms with Gasteiger partial charge in [-0.2, -0.15) is 13.2 Å². The van der Waals surface area contributed by atoms with Gasteiger partial charge in [-0.3, -0.25) is 4.79 Å². The van der Waals surface area contributed by atoms with Gasteiger partial charge in [0.1, 0.15) is 0 Å². The SMILES string of the molecule is Cc1nc(C)c(C(=O)N2CCCC23CCN(C(=O)OC(C)C(F)(F)F)CC3)o1. The number of amides is 2. The number of nitrogens with zero attached hydrogens (tertiary/aromatic N) is 3. The summed E-state index contributed by atoms with van der Waals surface area (Å²) in [7, 11) is 0. The zero-order valence-electron chi connectivity index (χ0n) is 16.1. The number of aromatic nitrogens is 1. The normalized spacial score (nSPS) is 20.5. The molecule has 7 nitrogen and oxygen atoms in total. The predicted octanol–water partition coefficient (Wildman–Crippen LogP) is 3.45. The standard InChI is InChI=1S/C18H24F3N3O4/c1-11-14(28-13(3)22-11)15(25)24-8-4-5-17(24)6-9-23(10-7-17)16(26)27-12(2)18(19,20)21/h12H,4-10H2,1-3H3. The van der Waals surface area contributed by atoms with Crippen molar-refractivity contribution in [1.29, 1.82) is 0 Å². The molecule has 2 aliphatic heterocycles. The Kier molecular flexibility index (Phi) is 5.33. The van der Waals surface area contributed by atoms with Crippen LogP contribution in [0.15, 0.2) is 4.42 Å². The van der Waals surface area contributed by atoms with Gasteiger partial charge in [0.05, 0.1) is 5.69 Å². The molecule has 28 heavy (non-hydrogen) atoms. The Morgan fingerprint density at radius 3 is 2.36 bits per heavy atom. The number of likely N-dealkylation sites (tertiary alicyclic amines) is 2. The minimum atomic E-state index is -4.59. The molecule has 1 aromatic rings. The van der Waals surface area contributed by atoms with Crippen LogP contribution in [0.2, 0.25) is 0 Å². The van der Waals surface area contributed by atoms with Crippen LogP contribution in [-0.2, 0) is 4.74 Å². The molecule has 2 amide bonds. The third-order valence-electron chi connectivity index (χ3n) is 5.63. The van der Waals surface area contributed by atoms with Crippen LogP contribution in [-0.4, -0.2) is 64.2 Å². The van der Waals surface area contributed by atoms with Crippen LogP contribution in [0.25, 0.3) is 0 Å². The number of rotatable bonds is 2. The van der Waals surface area contributed by atoms with E-state index >= 15 is 0 Å². The van der Waals surface area contributed by atoms with Crippen molar-refractivity contribution in [3.8, 4) is 0 Å². The monoisotopic (exact) mass is 403 g/mol. The lowest BCUT2D eigenvalue weighted by Gasteiger charge is -2.44. The van der Waals surface area contributed by atoms with E-state index in [1.807, 2.05) is 0 Å². The third-order valence-corrected chi connectivity index (χ3v) is 5.63. The summed E-state index contributed by atoms with van der Waals surface area (Å²) in [4.78, 5) is 32.2. The molecule has 0 bridgehead atoms. The molecular formula is C18H24F3N3O4. The summed E-state index contributed by atoms with van der Waals surface area (Å²) in [5.41, 5.74) is 0.114. The summed E-state index contributed by atoms with van der Waals surface area (Å²) in [5, 5.41) is 0. The van der Waals surface area contributed by atoms with E-state index in [0.29, 0.717) is 31.0 Å². The van der Waals surface area contributed by atoms with Crippen LogP contribution in [0.1, 0.15) is 54.7 Å². The average molecular weight is 403 g/mol. The molecule has 156 valence electrons. The molecule has 0 aromatic carbocycles. The van der Waals surface area contributed by atoms with Gasteiger partial charge in [0.15, 0.2) is 12.0 Å². The van der Waals surface area contributed by atoms with Gasteiger partial charge < -0.3 is 19.0 Å². The van der Waals surface area contributed by atoms with Crippen molar-refractivity contribution in [2.75, 3.05) is 19.6 Å². The first-order valence-electron chi connectivity index (χ1n) is 9.32. The summed E-state index contributed by atoms with van der Waals surface area (Å²) in [6.45, 7) is 5.25. The number of carbonyl (C=O) groups excluding carboxylic acids is 2. The van der Waals surface area contributed by atoms with Gasteiger partial charge in [0.25, 0.3) is 5.91 Å². The van der Waals surface area contributed by atoms with Crippen molar-refractivity contribution < 1.29 is 31.9 Å². The third kappa shape index (κ3) is 3.81. The number of ether oxygens (including phenoxy) is 1. The first-order chi connectivity index (χ1) is 13.0. The van der Waals surface area contributed by atoms with Gasteiger partial charge in [0.2, 0.25) is 5.76 Å². The predicted molar refractivity (Wildman–Crippen MR) is 91.8 cm³/mol. The van der Waals surface area contributed by atoms with Gasteiger partial charge in [-0.25, -0.2) is 9.78 Å². The first-order valence-corrected chi connectivity index (χ1v) is 9.32.